The summed E-state index contributed by atoms with van der Waals surface area (Å²) < 4.78 is 0. The van der Waals surface area contributed by atoms with Crippen LogP contribution in [0.25, 0.3) is 0 Å². The first-order chi connectivity index (χ1) is 9.42. The molecule has 0 aliphatic heterocycles. The Bertz CT molecular complexity index is 584. The Morgan fingerprint density at radius 2 is 1.00 bits per heavy atom. The van der Waals surface area contributed by atoms with Crippen LogP contribution < -0.4 is 0 Å². The van der Waals surface area contributed by atoms with E-state index in [1.807, 2.05) is 0 Å². The van der Waals surface area contributed by atoms with Crippen LogP contribution in [-0.4, -0.2) is 0 Å². The van der Waals surface area contributed by atoms with Gasteiger partial charge in [0.1, 0.15) is 0 Å². The monoisotopic (exact) mass is 244 g/mol. The maximum atomic E-state index is 2.22. The lowest BCUT2D eigenvalue weighted by molar-refractivity contribution is 1.20. The van der Waals surface area contributed by atoms with Gasteiger partial charge in [-0.05, 0) is 28.7 Å². The number of fused-ring (bicyclic) bond motifs is 2. The number of hydrogen-bond acceptors (Lipinski definition) is 0. The molecule has 3 aliphatic carbocycles. The highest BCUT2D eigenvalue weighted by molar-refractivity contribution is 5.53. The molecule has 0 aromatic carbocycles. The molecular weight excluding hydrogens is 228 g/mol. The van der Waals surface area contributed by atoms with Crippen molar-refractivity contribution in [3.8, 4) is 0 Å². The minimum absolute atomic E-state index is 1.01. The lowest BCUT2D eigenvalue weighted by Crippen LogP contribution is -1.88. The zero-order valence-electron chi connectivity index (χ0n) is 10.8. The van der Waals surface area contributed by atoms with E-state index in [4.69, 9.17) is 0 Å². The normalized spacial score (nSPS) is 24.0. The minimum Gasteiger partial charge on any atom is -0.0622 e. The Labute approximate surface area is 114 Å². The van der Waals surface area contributed by atoms with Crippen molar-refractivity contribution < 1.29 is 0 Å². The summed E-state index contributed by atoms with van der Waals surface area (Å²) in [4.78, 5) is 0. The van der Waals surface area contributed by atoms with Crippen LogP contribution in [0.4, 0.5) is 0 Å². The van der Waals surface area contributed by atoms with Gasteiger partial charge in [-0.25, -0.2) is 0 Å². The van der Waals surface area contributed by atoms with Crippen LogP contribution in [0.1, 0.15) is 6.42 Å². The summed E-state index contributed by atoms with van der Waals surface area (Å²) in [6.45, 7) is 0. The van der Waals surface area contributed by atoms with Crippen LogP contribution in [0.2, 0.25) is 0 Å². The Kier molecular flexibility index (Phi) is 3.42. The molecule has 0 heterocycles. The van der Waals surface area contributed by atoms with Crippen molar-refractivity contribution >= 4 is 0 Å². The molecule has 19 heavy (non-hydrogen) atoms. The third-order valence-corrected chi connectivity index (χ3v) is 3.31. The van der Waals surface area contributed by atoms with Gasteiger partial charge >= 0.3 is 0 Å². The lowest BCUT2D eigenvalue weighted by Gasteiger charge is -2.08. The second-order valence-electron chi connectivity index (χ2n) is 4.73. The van der Waals surface area contributed by atoms with E-state index in [9.17, 15) is 0 Å². The summed E-state index contributed by atoms with van der Waals surface area (Å²) in [6.07, 6.45) is 31.0. The van der Waals surface area contributed by atoms with Crippen molar-refractivity contribution in [3.05, 3.63) is 107 Å². The van der Waals surface area contributed by atoms with Crippen LogP contribution in [0.3, 0.4) is 0 Å². The minimum atomic E-state index is 1.01. The summed E-state index contributed by atoms with van der Waals surface area (Å²) in [5.41, 5.74) is 5.18. The van der Waals surface area contributed by atoms with Gasteiger partial charge in [-0.3, -0.25) is 0 Å². The zero-order chi connectivity index (χ0) is 12.9. The van der Waals surface area contributed by atoms with Crippen molar-refractivity contribution in [1.29, 1.82) is 0 Å². The predicted molar refractivity (Wildman–Crippen MR) is 82.6 cm³/mol. The van der Waals surface area contributed by atoms with Crippen molar-refractivity contribution in [2.75, 3.05) is 0 Å². The van der Waals surface area contributed by atoms with Crippen LogP contribution in [-0.2, 0) is 0 Å². The summed E-state index contributed by atoms with van der Waals surface area (Å²) >= 11 is 0. The largest absolute Gasteiger partial charge is 0.0622 e. The Balaban J connectivity index is 2.05. The van der Waals surface area contributed by atoms with Gasteiger partial charge in [0.15, 0.2) is 0 Å². The topological polar surface area (TPSA) is 0 Å². The molecule has 0 radical (unpaired) electrons. The molecule has 0 unspecified atom stereocenters. The average molecular weight is 244 g/mol. The highest BCUT2D eigenvalue weighted by Crippen LogP contribution is 2.23. The summed E-state index contributed by atoms with van der Waals surface area (Å²) in [5, 5.41) is 0. The van der Waals surface area contributed by atoms with Gasteiger partial charge in [0.25, 0.3) is 0 Å². The number of allylic oxidation sites excluding steroid dienone is 18. The Morgan fingerprint density at radius 1 is 0.474 bits per heavy atom. The van der Waals surface area contributed by atoms with Gasteiger partial charge in [-0.1, -0.05) is 85.1 Å². The first kappa shape index (κ1) is 11.7. The molecule has 0 saturated heterocycles. The molecule has 2 bridgehead atoms. The molecule has 3 aliphatic rings. The number of hydrogen-bond donors (Lipinski definition) is 0. The molecule has 0 aromatic heterocycles. The molecule has 0 fully saturated rings. The molecular formula is C19H16. The van der Waals surface area contributed by atoms with Gasteiger partial charge in [0.05, 0.1) is 0 Å². The molecule has 92 valence electrons. The van der Waals surface area contributed by atoms with Gasteiger partial charge in [0.2, 0.25) is 0 Å². The molecule has 3 rings (SSSR count). The zero-order valence-corrected chi connectivity index (χ0v) is 10.8. The van der Waals surface area contributed by atoms with E-state index in [2.05, 4.69) is 85.1 Å². The fraction of sp³-hybridized carbons (Fsp3) is 0.0526. The fourth-order valence-electron chi connectivity index (χ4n) is 2.28. The molecule has 0 amide bonds. The van der Waals surface area contributed by atoms with E-state index in [1.165, 1.54) is 22.3 Å². The second kappa shape index (κ2) is 5.53. The molecule has 0 nitrogen and oxygen atoms in total. The summed E-state index contributed by atoms with van der Waals surface area (Å²) in [5.74, 6) is 0. The third-order valence-electron chi connectivity index (χ3n) is 3.31. The van der Waals surface area contributed by atoms with Crippen molar-refractivity contribution in [2.24, 2.45) is 0 Å². The van der Waals surface area contributed by atoms with Gasteiger partial charge < -0.3 is 0 Å². The van der Waals surface area contributed by atoms with E-state index in [-0.39, 0.29) is 0 Å². The molecule has 0 spiro atoms. The van der Waals surface area contributed by atoms with Crippen molar-refractivity contribution in [3.63, 3.8) is 0 Å². The van der Waals surface area contributed by atoms with Crippen LogP contribution >= 0.6 is 0 Å². The highest BCUT2D eigenvalue weighted by atomic mass is 14.1. The highest BCUT2D eigenvalue weighted by Gasteiger charge is 2.04. The standard InChI is InChI=1S/C19H16/c1-2-4-10-18(9-3-1)19-13-11-16-7-5-6-8-17(15-16)12-14-19/h1-14H,15H2/b13-11-,14-12-. The predicted octanol–water partition coefficient (Wildman–Crippen LogP) is 4.90. The summed E-state index contributed by atoms with van der Waals surface area (Å²) in [7, 11) is 0. The van der Waals surface area contributed by atoms with E-state index >= 15 is 0 Å². The van der Waals surface area contributed by atoms with Gasteiger partial charge in [0, 0.05) is 0 Å². The van der Waals surface area contributed by atoms with Crippen molar-refractivity contribution in [2.45, 2.75) is 6.42 Å². The van der Waals surface area contributed by atoms with Gasteiger partial charge in [-0.2, -0.15) is 0 Å². The SMILES string of the molecule is C1=CC=CC(=C2/C=C\C3=CC=CC=C(/C=C\2)C3)C=C1. The third kappa shape index (κ3) is 2.92. The average Bonchev–Trinajstić information content (AvgIpc) is 2.80. The maximum Gasteiger partial charge on any atom is -0.00258 e. The first-order valence-corrected chi connectivity index (χ1v) is 6.60. The molecule has 0 heteroatoms. The van der Waals surface area contributed by atoms with E-state index in [0.29, 0.717) is 0 Å². The lowest BCUT2D eigenvalue weighted by atomic mass is 9.97. The second-order valence-corrected chi connectivity index (χ2v) is 4.73. The Hall–Kier alpha value is -2.34. The first-order valence-electron chi connectivity index (χ1n) is 6.60. The Morgan fingerprint density at radius 3 is 1.58 bits per heavy atom. The quantitative estimate of drug-likeness (QED) is 0.568. The molecule has 0 aromatic rings. The molecule has 0 saturated carbocycles. The maximum absolute atomic E-state index is 2.22. The van der Waals surface area contributed by atoms with E-state index in [0.717, 1.165) is 6.42 Å². The van der Waals surface area contributed by atoms with Crippen LogP contribution in [0.15, 0.2) is 107 Å². The van der Waals surface area contributed by atoms with E-state index < -0.39 is 0 Å². The molecule has 0 N–H and O–H groups in total. The van der Waals surface area contributed by atoms with E-state index in [1.54, 1.807) is 0 Å². The fourth-order valence-corrected chi connectivity index (χ4v) is 2.28. The molecule has 0 atom stereocenters. The van der Waals surface area contributed by atoms with Crippen LogP contribution in [0, 0.1) is 0 Å². The number of rotatable bonds is 0. The smallest absolute Gasteiger partial charge is 0.00258 e. The van der Waals surface area contributed by atoms with Crippen LogP contribution in [0.5, 0.6) is 0 Å². The summed E-state index contributed by atoms with van der Waals surface area (Å²) in [6, 6.07) is 0. The van der Waals surface area contributed by atoms with Gasteiger partial charge in [-0.15, -0.1) is 0 Å². The van der Waals surface area contributed by atoms with Crippen molar-refractivity contribution in [1.82, 2.24) is 0 Å².